The second-order valence-corrected chi connectivity index (χ2v) is 10.1. The molecule has 0 heterocycles. The number of phenols is 2. The number of aryl methyl sites for hydroxylation is 1. The molecule has 0 amide bonds. The molecule has 1 aromatic carbocycles. The largest absolute Gasteiger partial charge is 0.507 e. The maximum absolute atomic E-state index is 12.2. The predicted octanol–water partition coefficient (Wildman–Crippen LogP) is 5.77. The van der Waals surface area contributed by atoms with Crippen LogP contribution < -0.4 is 0 Å². The SMILES string of the molecule is C=C(C)[C@@H]1CCC(C)=C[C@H]1c1c(O)cc(CCCCC)c(S(=O)(=O)Cl)c1O. The number of aromatic hydroxyl groups is 2. The second kappa shape index (κ2) is 8.70. The number of phenolic OH excluding ortho intramolecular Hbond substituents is 2. The van der Waals surface area contributed by atoms with Gasteiger partial charge in [-0.1, -0.05) is 43.6 Å². The van der Waals surface area contributed by atoms with Gasteiger partial charge in [0.15, 0.2) is 0 Å². The highest BCUT2D eigenvalue weighted by Crippen LogP contribution is 2.49. The zero-order chi connectivity index (χ0) is 20.4. The number of halogens is 1. The molecule has 1 aliphatic carbocycles. The lowest BCUT2D eigenvalue weighted by molar-refractivity contribution is 0.397. The molecular formula is C21H29ClO4S. The molecule has 27 heavy (non-hydrogen) atoms. The second-order valence-electron chi connectivity index (χ2n) is 7.57. The van der Waals surface area contributed by atoms with E-state index in [0.29, 0.717) is 12.0 Å². The van der Waals surface area contributed by atoms with Crippen molar-refractivity contribution in [3.63, 3.8) is 0 Å². The number of rotatable bonds is 7. The molecule has 6 heteroatoms. The summed E-state index contributed by atoms with van der Waals surface area (Å²) in [6.45, 7) is 10.00. The van der Waals surface area contributed by atoms with Crippen LogP contribution in [0.5, 0.6) is 11.5 Å². The van der Waals surface area contributed by atoms with Gasteiger partial charge in [-0.2, -0.15) is 0 Å². The lowest BCUT2D eigenvalue weighted by Crippen LogP contribution is -2.18. The van der Waals surface area contributed by atoms with E-state index < -0.39 is 14.8 Å². The van der Waals surface area contributed by atoms with Crippen molar-refractivity contribution in [3.8, 4) is 11.5 Å². The molecule has 0 saturated heterocycles. The Morgan fingerprint density at radius 2 is 2.00 bits per heavy atom. The van der Waals surface area contributed by atoms with Gasteiger partial charge < -0.3 is 10.2 Å². The van der Waals surface area contributed by atoms with Gasteiger partial charge in [-0.25, -0.2) is 8.42 Å². The summed E-state index contributed by atoms with van der Waals surface area (Å²) in [4.78, 5) is -0.273. The molecular weight excluding hydrogens is 384 g/mol. The van der Waals surface area contributed by atoms with Gasteiger partial charge in [0.05, 0.1) is 0 Å². The highest BCUT2D eigenvalue weighted by Gasteiger charge is 2.34. The van der Waals surface area contributed by atoms with Crippen LogP contribution >= 0.6 is 10.7 Å². The quantitative estimate of drug-likeness (QED) is 0.338. The normalized spacial score (nSPS) is 20.4. The molecule has 0 fully saturated rings. The van der Waals surface area contributed by atoms with E-state index in [-0.39, 0.29) is 28.0 Å². The topological polar surface area (TPSA) is 74.6 Å². The number of unbranched alkanes of at least 4 members (excludes halogenated alkanes) is 2. The van der Waals surface area contributed by atoms with Crippen LogP contribution in [0.15, 0.2) is 34.8 Å². The fraction of sp³-hybridized carbons (Fsp3) is 0.524. The lowest BCUT2D eigenvalue weighted by atomic mass is 9.73. The van der Waals surface area contributed by atoms with Gasteiger partial charge in [-0.05, 0) is 57.1 Å². The van der Waals surface area contributed by atoms with E-state index in [1.807, 2.05) is 26.8 Å². The smallest absolute Gasteiger partial charge is 0.265 e. The van der Waals surface area contributed by atoms with Crippen LogP contribution in [-0.4, -0.2) is 18.6 Å². The molecule has 1 aliphatic rings. The minimum Gasteiger partial charge on any atom is -0.507 e. The monoisotopic (exact) mass is 412 g/mol. The molecule has 2 atom stereocenters. The molecule has 4 nitrogen and oxygen atoms in total. The highest BCUT2D eigenvalue weighted by atomic mass is 35.7. The van der Waals surface area contributed by atoms with E-state index in [1.165, 1.54) is 6.07 Å². The van der Waals surface area contributed by atoms with Crippen molar-refractivity contribution in [2.24, 2.45) is 5.92 Å². The Labute approximate surface area is 167 Å². The average molecular weight is 413 g/mol. The van der Waals surface area contributed by atoms with Gasteiger partial charge >= 0.3 is 0 Å². The van der Waals surface area contributed by atoms with Crippen LogP contribution in [0.2, 0.25) is 0 Å². The first-order valence-electron chi connectivity index (χ1n) is 9.43. The number of benzene rings is 1. The Kier molecular flexibility index (Phi) is 7.03. The van der Waals surface area contributed by atoms with E-state index in [9.17, 15) is 18.6 Å². The van der Waals surface area contributed by atoms with Crippen molar-refractivity contribution in [1.29, 1.82) is 0 Å². The summed E-state index contributed by atoms with van der Waals surface area (Å²) in [6.07, 6.45) is 6.82. The molecule has 0 aliphatic heterocycles. The van der Waals surface area contributed by atoms with Crippen molar-refractivity contribution in [3.05, 3.63) is 41.0 Å². The van der Waals surface area contributed by atoms with Crippen molar-refractivity contribution >= 4 is 19.7 Å². The standard InChI is InChI=1S/C21H29ClO4S/c1-5-6-7-8-15-12-18(23)19(20(24)21(15)27(22,25)26)17-11-14(4)9-10-16(17)13(2)3/h11-12,16-17,23-24H,2,5-10H2,1,3-4H3/t16-,17+/m0/s1. The fourth-order valence-electron chi connectivity index (χ4n) is 3.96. The van der Waals surface area contributed by atoms with E-state index in [1.54, 1.807) is 0 Å². The summed E-state index contributed by atoms with van der Waals surface area (Å²) < 4.78 is 24.4. The minimum atomic E-state index is -4.16. The summed E-state index contributed by atoms with van der Waals surface area (Å²) in [5.74, 6) is -0.843. The van der Waals surface area contributed by atoms with E-state index in [2.05, 4.69) is 6.58 Å². The molecule has 0 aromatic heterocycles. The molecule has 2 N–H and O–H groups in total. The van der Waals surface area contributed by atoms with Crippen LogP contribution in [0.3, 0.4) is 0 Å². The predicted molar refractivity (Wildman–Crippen MR) is 110 cm³/mol. The molecule has 1 aromatic rings. The van der Waals surface area contributed by atoms with Crippen LogP contribution in [0.25, 0.3) is 0 Å². The highest BCUT2D eigenvalue weighted by molar-refractivity contribution is 8.13. The molecule has 2 rings (SSSR count). The van der Waals surface area contributed by atoms with Crippen LogP contribution in [0.4, 0.5) is 0 Å². The van der Waals surface area contributed by atoms with Gasteiger partial charge in [0.2, 0.25) is 0 Å². The summed E-state index contributed by atoms with van der Waals surface area (Å²) in [5, 5.41) is 21.6. The minimum absolute atomic E-state index is 0.0160. The molecule has 0 unspecified atom stereocenters. The molecule has 0 spiro atoms. The van der Waals surface area contributed by atoms with Crippen LogP contribution in [0, 0.1) is 5.92 Å². The third-order valence-corrected chi connectivity index (χ3v) is 6.76. The zero-order valence-electron chi connectivity index (χ0n) is 16.3. The summed E-state index contributed by atoms with van der Waals surface area (Å²) in [5.41, 5.74) is 2.66. The van der Waals surface area contributed by atoms with Gasteiger partial charge in [0.1, 0.15) is 16.4 Å². The van der Waals surface area contributed by atoms with Crippen LogP contribution in [-0.2, 0) is 15.5 Å². The molecule has 0 saturated carbocycles. The maximum Gasteiger partial charge on any atom is 0.265 e. The van der Waals surface area contributed by atoms with E-state index >= 15 is 0 Å². The Hall–Kier alpha value is -1.46. The molecule has 150 valence electrons. The van der Waals surface area contributed by atoms with Crippen molar-refractivity contribution in [1.82, 2.24) is 0 Å². The number of allylic oxidation sites excluding steroid dienone is 3. The average Bonchev–Trinajstić information content (AvgIpc) is 2.53. The Morgan fingerprint density at radius 1 is 1.33 bits per heavy atom. The fourth-order valence-corrected chi connectivity index (χ4v) is 5.29. The first kappa shape index (κ1) is 21.8. The van der Waals surface area contributed by atoms with Gasteiger partial charge in [-0.3, -0.25) is 0 Å². The first-order chi connectivity index (χ1) is 12.6. The Bertz CT molecular complexity index is 855. The van der Waals surface area contributed by atoms with Gasteiger partial charge in [-0.15, -0.1) is 0 Å². The third kappa shape index (κ3) is 4.88. The van der Waals surface area contributed by atoms with Gasteiger partial charge in [0, 0.05) is 22.2 Å². The Balaban J connectivity index is 2.67. The molecule has 0 radical (unpaired) electrons. The van der Waals surface area contributed by atoms with Crippen molar-refractivity contribution in [2.75, 3.05) is 0 Å². The maximum atomic E-state index is 12.2. The number of hydrogen-bond donors (Lipinski definition) is 2. The summed E-state index contributed by atoms with van der Waals surface area (Å²) in [6, 6.07) is 1.45. The lowest BCUT2D eigenvalue weighted by Gasteiger charge is -2.32. The first-order valence-corrected chi connectivity index (χ1v) is 11.7. The number of hydrogen-bond acceptors (Lipinski definition) is 4. The van der Waals surface area contributed by atoms with Crippen LogP contribution in [0.1, 0.15) is 69.9 Å². The third-order valence-electron chi connectivity index (χ3n) is 5.36. The van der Waals surface area contributed by atoms with Crippen molar-refractivity contribution in [2.45, 2.75) is 70.1 Å². The zero-order valence-corrected chi connectivity index (χ0v) is 17.8. The van der Waals surface area contributed by atoms with E-state index in [0.717, 1.165) is 43.3 Å². The summed E-state index contributed by atoms with van der Waals surface area (Å²) in [7, 11) is 1.51. The van der Waals surface area contributed by atoms with Gasteiger partial charge in [0.25, 0.3) is 9.05 Å². The summed E-state index contributed by atoms with van der Waals surface area (Å²) >= 11 is 0. The molecule has 0 bridgehead atoms. The Morgan fingerprint density at radius 3 is 2.56 bits per heavy atom. The van der Waals surface area contributed by atoms with Crippen molar-refractivity contribution < 1.29 is 18.6 Å². The van der Waals surface area contributed by atoms with E-state index in [4.69, 9.17) is 10.7 Å².